The molecule has 22 heavy (non-hydrogen) atoms. The summed E-state index contributed by atoms with van der Waals surface area (Å²) < 4.78 is 38.3. The summed E-state index contributed by atoms with van der Waals surface area (Å²) in [5.74, 6) is -0.309. The predicted octanol–water partition coefficient (Wildman–Crippen LogP) is 2.46. The Labute approximate surface area is 127 Å². The monoisotopic (exact) mass is 317 g/mol. The molecule has 0 N–H and O–H groups in total. The first kappa shape index (κ1) is 14.4. The molecule has 5 nitrogen and oxygen atoms in total. The van der Waals surface area contributed by atoms with E-state index in [2.05, 4.69) is 10.1 Å². The molecule has 0 aliphatic heterocycles. The van der Waals surface area contributed by atoms with Gasteiger partial charge in [0, 0.05) is 5.56 Å². The SMILES string of the molecule is O=S(=O)(Cc1ccccc1)n1cnc(-c2ccc(F)cc2)n1. The Kier molecular flexibility index (Phi) is 3.72. The van der Waals surface area contributed by atoms with Gasteiger partial charge in [-0.2, -0.15) is 0 Å². The predicted molar refractivity (Wildman–Crippen MR) is 79.9 cm³/mol. The minimum absolute atomic E-state index is 0.167. The van der Waals surface area contributed by atoms with Crippen molar-refractivity contribution in [1.82, 2.24) is 14.2 Å². The number of aromatic nitrogens is 3. The Balaban J connectivity index is 1.88. The highest BCUT2D eigenvalue weighted by atomic mass is 32.2. The van der Waals surface area contributed by atoms with Crippen molar-refractivity contribution >= 4 is 10.0 Å². The largest absolute Gasteiger partial charge is 0.259 e. The fourth-order valence-corrected chi connectivity index (χ4v) is 3.10. The molecule has 0 aliphatic carbocycles. The Morgan fingerprint density at radius 1 is 1.00 bits per heavy atom. The second-order valence-electron chi connectivity index (χ2n) is 4.69. The summed E-state index contributed by atoms with van der Waals surface area (Å²) in [6.07, 6.45) is 1.15. The first-order chi connectivity index (χ1) is 10.5. The molecule has 2 aromatic carbocycles. The summed E-state index contributed by atoms with van der Waals surface area (Å²) in [5.41, 5.74) is 1.22. The summed E-state index contributed by atoms with van der Waals surface area (Å²) in [7, 11) is -3.64. The third-order valence-corrected chi connectivity index (χ3v) is 4.50. The van der Waals surface area contributed by atoms with Crippen molar-refractivity contribution in [2.75, 3.05) is 0 Å². The molecule has 0 bridgehead atoms. The zero-order valence-electron chi connectivity index (χ0n) is 11.4. The Morgan fingerprint density at radius 3 is 2.36 bits per heavy atom. The van der Waals surface area contributed by atoms with Gasteiger partial charge in [0.05, 0.1) is 5.75 Å². The van der Waals surface area contributed by atoms with E-state index in [0.29, 0.717) is 11.1 Å². The second kappa shape index (κ2) is 5.69. The summed E-state index contributed by atoms with van der Waals surface area (Å²) in [6.45, 7) is 0. The van der Waals surface area contributed by atoms with Crippen LogP contribution in [0.4, 0.5) is 4.39 Å². The van der Waals surface area contributed by atoms with E-state index in [4.69, 9.17) is 0 Å². The van der Waals surface area contributed by atoms with Crippen LogP contribution < -0.4 is 0 Å². The summed E-state index contributed by atoms with van der Waals surface area (Å²) in [4.78, 5) is 3.97. The fraction of sp³-hybridized carbons (Fsp3) is 0.0667. The quantitative estimate of drug-likeness (QED) is 0.741. The van der Waals surface area contributed by atoms with E-state index in [-0.39, 0.29) is 17.4 Å². The standard InChI is InChI=1S/C15H12FN3O2S/c16-14-8-6-13(7-9-14)15-17-11-19(18-15)22(20,21)10-12-4-2-1-3-5-12/h1-9,11H,10H2. The lowest BCUT2D eigenvalue weighted by atomic mass is 10.2. The molecule has 1 heterocycles. The highest BCUT2D eigenvalue weighted by Crippen LogP contribution is 2.16. The van der Waals surface area contributed by atoms with Crippen molar-refractivity contribution in [2.24, 2.45) is 0 Å². The Hall–Kier alpha value is -2.54. The topological polar surface area (TPSA) is 64.8 Å². The maximum absolute atomic E-state index is 12.9. The van der Waals surface area contributed by atoms with E-state index >= 15 is 0 Å². The van der Waals surface area contributed by atoms with Gasteiger partial charge in [-0.15, -0.1) is 9.19 Å². The molecule has 3 aromatic rings. The Morgan fingerprint density at radius 2 is 1.68 bits per heavy atom. The zero-order chi connectivity index (χ0) is 15.6. The van der Waals surface area contributed by atoms with Gasteiger partial charge in [-0.05, 0) is 29.8 Å². The summed E-state index contributed by atoms with van der Waals surface area (Å²) >= 11 is 0. The average molecular weight is 317 g/mol. The van der Waals surface area contributed by atoms with Crippen LogP contribution in [0.25, 0.3) is 11.4 Å². The number of rotatable bonds is 4. The van der Waals surface area contributed by atoms with Gasteiger partial charge in [-0.25, -0.2) is 17.8 Å². The molecule has 0 saturated carbocycles. The van der Waals surface area contributed by atoms with Gasteiger partial charge in [0.15, 0.2) is 5.82 Å². The first-order valence-corrected chi connectivity index (χ1v) is 8.10. The molecule has 0 fully saturated rings. The number of halogens is 1. The van der Waals surface area contributed by atoms with E-state index in [0.717, 1.165) is 10.4 Å². The minimum atomic E-state index is -3.64. The van der Waals surface area contributed by atoms with Crippen molar-refractivity contribution in [3.05, 3.63) is 72.3 Å². The van der Waals surface area contributed by atoms with E-state index < -0.39 is 10.0 Å². The molecule has 0 unspecified atom stereocenters. The van der Waals surface area contributed by atoms with Crippen LogP contribution in [0, 0.1) is 5.82 Å². The van der Waals surface area contributed by atoms with Crippen LogP contribution in [-0.4, -0.2) is 22.6 Å². The first-order valence-electron chi connectivity index (χ1n) is 6.49. The van der Waals surface area contributed by atoms with Crippen molar-refractivity contribution < 1.29 is 12.8 Å². The van der Waals surface area contributed by atoms with Gasteiger partial charge >= 0.3 is 0 Å². The van der Waals surface area contributed by atoms with Crippen LogP contribution in [0.2, 0.25) is 0 Å². The number of hydrogen-bond acceptors (Lipinski definition) is 4. The van der Waals surface area contributed by atoms with E-state index in [9.17, 15) is 12.8 Å². The van der Waals surface area contributed by atoms with Crippen LogP contribution in [0.1, 0.15) is 5.56 Å². The van der Waals surface area contributed by atoms with Crippen LogP contribution in [0.5, 0.6) is 0 Å². The zero-order valence-corrected chi connectivity index (χ0v) is 12.2. The highest BCUT2D eigenvalue weighted by Gasteiger charge is 2.17. The molecule has 0 amide bonds. The van der Waals surface area contributed by atoms with Gasteiger partial charge in [-0.3, -0.25) is 0 Å². The normalized spacial score (nSPS) is 11.5. The van der Waals surface area contributed by atoms with Crippen molar-refractivity contribution in [2.45, 2.75) is 5.75 Å². The molecule has 3 rings (SSSR count). The molecule has 0 atom stereocenters. The van der Waals surface area contributed by atoms with E-state index in [1.165, 1.54) is 24.3 Å². The smallest absolute Gasteiger partial charge is 0.214 e. The van der Waals surface area contributed by atoms with Crippen molar-refractivity contribution in [3.8, 4) is 11.4 Å². The second-order valence-corrected chi connectivity index (χ2v) is 6.52. The minimum Gasteiger partial charge on any atom is -0.214 e. The van der Waals surface area contributed by atoms with Gasteiger partial charge < -0.3 is 0 Å². The third kappa shape index (κ3) is 3.04. The van der Waals surface area contributed by atoms with Crippen LogP contribution in [-0.2, 0) is 15.8 Å². The van der Waals surface area contributed by atoms with E-state index in [1.807, 2.05) is 6.07 Å². The van der Waals surface area contributed by atoms with Crippen molar-refractivity contribution in [3.63, 3.8) is 0 Å². The highest BCUT2D eigenvalue weighted by molar-refractivity contribution is 7.89. The van der Waals surface area contributed by atoms with E-state index in [1.54, 1.807) is 24.3 Å². The third-order valence-electron chi connectivity index (χ3n) is 3.05. The van der Waals surface area contributed by atoms with Gasteiger partial charge in [0.25, 0.3) is 10.0 Å². The molecule has 0 aliphatic rings. The lowest BCUT2D eigenvalue weighted by Crippen LogP contribution is -2.15. The maximum atomic E-state index is 12.9. The number of nitrogens with zero attached hydrogens (tertiary/aromatic N) is 3. The van der Waals surface area contributed by atoms with Crippen molar-refractivity contribution in [1.29, 1.82) is 0 Å². The molecule has 0 spiro atoms. The van der Waals surface area contributed by atoms with Crippen LogP contribution in [0.15, 0.2) is 60.9 Å². The summed E-state index contributed by atoms with van der Waals surface area (Å²) in [6, 6.07) is 14.4. The fourth-order valence-electron chi connectivity index (χ4n) is 1.97. The number of hydrogen-bond donors (Lipinski definition) is 0. The lowest BCUT2D eigenvalue weighted by molar-refractivity contribution is 0.579. The molecule has 1 aromatic heterocycles. The molecule has 0 radical (unpaired) electrons. The number of benzene rings is 2. The van der Waals surface area contributed by atoms with Gasteiger partial charge in [0.2, 0.25) is 0 Å². The van der Waals surface area contributed by atoms with Gasteiger partial charge in [0.1, 0.15) is 12.1 Å². The Bertz CT molecular complexity index is 875. The van der Waals surface area contributed by atoms with Crippen LogP contribution in [0.3, 0.4) is 0 Å². The maximum Gasteiger partial charge on any atom is 0.259 e. The molecule has 112 valence electrons. The average Bonchev–Trinajstić information content (AvgIpc) is 2.99. The molecule has 7 heteroatoms. The lowest BCUT2D eigenvalue weighted by Gasteiger charge is -2.03. The summed E-state index contributed by atoms with van der Waals surface area (Å²) in [5, 5.41) is 3.97. The molecule has 0 saturated heterocycles. The molecular weight excluding hydrogens is 305 g/mol. The van der Waals surface area contributed by atoms with Crippen LogP contribution >= 0.6 is 0 Å². The van der Waals surface area contributed by atoms with Gasteiger partial charge in [-0.1, -0.05) is 30.3 Å². The molecular formula is C15H12FN3O2S.